The van der Waals surface area contributed by atoms with Crippen molar-refractivity contribution in [3.63, 3.8) is 0 Å². The van der Waals surface area contributed by atoms with Gasteiger partial charge in [-0.1, -0.05) is 17.0 Å². The van der Waals surface area contributed by atoms with Crippen molar-refractivity contribution in [2.75, 3.05) is 11.9 Å². The van der Waals surface area contributed by atoms with Crippen LogP contribution in [0.2, 0.25) is 0 Å². The Morgan fingerprint density at radius 2 is 2.37 bits per heavy atom. The molecule has 6 heteroatoms. The Kier molecular flexibility index (Phi) is 3.90. The first kappa shape index (κ1) is 12.8. The third-order valence-electron chi connectivity index (χ3n) is 2.17. The molecule has 2 N–H and O–H groups in total. The Morgan fingerprint density at radius 1 is 1.53 bits per heavy atom. The van der Waals surface area contributed by atoms with Crippen molar-refractivity contribution in [2.45, 2.75) is 6.92 Å². The second-order valence-corrected chi connectivity index (χ2v) is 3.68. The molecule has 96 valence electrons. The second kappa shape index (κ2) is 5.80. The van der Waals surface area contributed by atoms with E-state index >= 15 is 0 Å². The molecule has 6 nitrogen and oxygen atoms in total. The van der Waals surface area contributed by atoms with Gasteiger partial charge in [-0.15, -0.1) is 0 Å². The quantitative estimate of drug-likeness (QED) is 0.783. The summed E-state index contributed by atoms with van der Waals surface area (Å²) in [7, 11) is 0. The van der Waals surface area contributed by atoms with Crippen LogP contribution in [0, 0.1) is 18.8 Å². The first-order valence-electron chi connectivity index (χ1n) is 5.49. The van der Waals surface area contributed by atoms with Crippen LogP contribution in [-0.2, 0) is 0 Å². The molecule has 0 atom stereocenters. The Bertz CT molecular complexity index is 652. The van der Waals surface area contributed by atoms with E-state index in [4.69, 9.17) is 9.63 Å². The number of hydrogen-bond donors (Lipinski definition) is 2. The lowest BCUT2D eigenvalue weighted by Crippen LogP contribution is -2.12. The number of amides is 1. The lowest BCUT2D eigenvalue weighted by Gasteiger charge is -2.01. The molecule has 2 aromatic heterocycles. The molecule has 0 unspecified atom stereocenters. The monoisotopic (exact) mass is 257 g/mol. The van der Waals surface area contributed by atoms with Crippen molar-refractivity contribution >= 4 is 11.7 Å². The third kappa shape index (κ3) is 3.40. The van der Waals surface area contributed by atoms with Crippen LogP contribution in [0.25, 0.3) is 0 Å². The summed E-state index contributed by atoms with van der Waals surface area (Å²) in [5, 5.41) is 14.8. The minimum Gasteiger partial charge on any atom is -0.384 e. The molecule has 2 aromatic rings. The molecule has 0 saturated heterocycles. The summed E-state index contributed by atoms with van der Waals surface area (Å²) in [6, 6.07) is 4.81. The molecule has 0 spiro atoms. The molecule has 0 aliphatic heterocycles. The fraction of sp³-hybridized carbons (Fsp3) is 0.154. The van der Waals surface area contributed by atoms with Gasteiger partial charge < -0.3 is 14.9 Å². The van der Waals surface area contributed by atoms with Gasteiger partial charge in [0.15, 0.2) is 0 Å². The number of aliphatic hydroxyl groups excluding tert-OH is 1. The molecular weight excluding hydrogens is 246 g/mol. The predicted molar refractivity (Wildman–Crippen MR) is 67.4 cm³/mol. The predicted octanol–water partition coefficient (Wildman–Crippen LogP) is 0.974. The van der Waals surface area contributed by atoms with Gasteiger partial charge in [0.1, 0.15) is 12.4 Å². The van der Waals surface area contributed by atoms with E-state index < -0.39 is 5.91 Å². The number of carbonyl (C=O) groups excluding carboxylic acids is 1. The molecule has 0 fully saturated rings. The van der Waals surface area contributed by atoms with Gasteiger partial charge in [-0.25, -0.2) is 4.98 Å². The second-order valence-electron chi connectivity index (χ2n) is 3.68. The maximum absolute atomic E-state index is 11.8. The zero-order valence-corrected chi connectivity index (χ0v) is 10.2. The van der Waals surface area contributed by atoms with Crippen LogP contribution >= 0.6 is 0 Å². The average Bonchev–Trinajstić information content (AvgIpc) is 2.83. The van der Waals surface area contributed by atoms with Crippen LogP contribution in [0.1, 0.15) is 21.8 Å². The van der Waals surface area contributed by atoms with E-state index in [1.165, 1.54) is 12.3 Å². The highest BCUT2D eigenvalue weighted by Gasteiger charge is 2.12. The van der Waals surface area contributed by atoms with E-state index in [1.54, 1.807) is 19.1 Å². The van der Waals surface area contributed by atoms with Gasteiger partial charge in [0, 0.05) is 17.8 Å². The zero-order valence-electron chi connectivity index (χ0n) is 10.2. The summed E-state index contributed by atoms with van der Waals surface area (Å²) in [4.78, 5) is 15.8. The summed E-state index contributed by atoms with van der Waals surface area (Å²) in [6.07, 6.45) is 1.52. The van der Waals surface area contributed by atoms with E-state index in [9.17, 15) is 4.79 Å². The number of pyridine rings is 1. The molecule has 0 saturated carbocycles. The van der Waals surface area contributed by atoms with E-state index in [0.717, 1.165) is 0 Å². The number of aliphatic hydroxyl groups is 1. The van der Waals surface area contributed by atoms with E-state index in [-0.39, 0.29) is 12.4 Å². The molecule has 0 bridgehead atoms. The molecule has 0 aliphatic carbocycles. The van der Waals surface area contributed by atoms with Crippen LogP contribution in [0.3, 0.4) is 0 Å². The fourth-order valence-corrected chi connectivity index (χ4v) is 1.37. The lowest BCUT2D eigenvalue weighted by atomic mass is 10.2. The molecule has 2 rings (SSSR count). The van der Waals surface area contributed by atoms with Crippen molar-refractivity contribution < 1.29 is 14.4 Å². The van der Waals surface area contributed by atoms with Gasteiger partial charge in [-0.05, 0) is 19.1 Å². The summed E-state index contributed by atoms with van der Waals surface area (Å²) >= 11 is 0. The summed E-state index contributed by atoms with van der Waals surface area (Å²) in [5.74, 6) is 5.28. The highest BCUT2D eigenvalue weighted by molar-refractivity contribution is 6.01. The van der Waals surface area contributed by atoms with Crippen molar-refractivity contribution in [3.8, 4) is 11.8 Å². The number of hydrogen-bond acceptors (Lipinski definition) is 5. The van der Waals surface area contributed by atoms with Crippen molar-refractivity contribution in [2.24, 2.45) is 0 Å². The van der Waals surface area contributed by atoms with Gasteiger partial charge in [0.2, 0.25) is 5.76 Å². The number of aryl methyl sites for hydroxylation is 1. The highest BCUT2D eigenvalue weighted by atomic mass is 16.5. The van der Waals surface area contributed by atoms with Gasteiger partial charge in [0.05, 0.1) is 5.69 Å². The molecule has 0 aliphatic rings. The number of carbonyl (C=O) groups is 1. The van der Waals surface area contributed by atoms with Crippen molar-refractivity contribution in [3.05, 3.63) is 41.4 Å². The number of nitrogens with one attached hydrogen (secondary N) is 1. The number of nitrogens with zero attached hydrogens (tertiary/aromatic N) is 2. The first-order valence-corrected chi connectivity index (χ1v) is 5.49. The fourth-order valence-electron chi connectivity index (χ4n) is 1.37. The summed E-state index contributed by atoms with van der Waals surface area (Å²) in [5.41, 5.74) is 1.27. The molecule has 0 aromatic carbocycles. The van der Waals surface area contributed by atoms with E-state index in [2.05, 4.69) is 27.3 Å². The lowest BCUT2D eigenvalue weighted by molar-refractivity contribution is 0.0987. The van der Waals surface area contributed by atoms with Crippen LogP contribution in [0.5, 0.6) is 0 Å². The third-order valence-corrected chi connectivity index (χ3v) is 2.17. The molecule has 0 radical (unpaired) electrons. The number of aromatic nitrogens is 2. The summed E-state index contributed by atoms with van der Waals surface area (Å²) < 4.78 is 4.84. The van der Waals surface area contributed by atoms with E-state index in [0.29, 0.717) is 17.1 Å². The van der Waals surface area contributed by atoms with Gasteiger partial charge in [-0.2, -0.15) is 0 Å². The Balaban J connectivity index is 2.13. The minimum atomic E-state index is -0.430. The van der Waals surface area contributed by atoms with Crippen LogP contribution < -0.4 is 5.32 Å². The average molecular weight is 257 g/mol. The highest BCUT2D eigenvalue weighted by Crippen LogP contribution is 2.09. The standard InChI is InChI=1S/C13H11N3O3/c1-9-7-11(19-16-9)13(18)15-12-8-10(3-2-6-17)4-5-14-12/h4-5,7-8,17H,6H2,1H3,(H,14,15,18). The minimum absolute atomic E-state index is 0.117. The normalized spacial score (nSPS) is 9.58. The first-order chi connectivity index (χ1) is 9.19. The Labute approximate surface area is 109 Å². The zero-order chi connectivity index (χ0) is 13.7. The molecule has 19 heavy (non-hydrogen) atoms. The molecular formula is C13H11N3O3. The van der Waals surface area contributed by atoms with Gasteiger partial charge >= 0.3 is 0 Å². The Morgan fingerprint density at radius 3 is 3.05 bits per heavy atom. The van der Waals surface area contributed by atoms with Crippen molar-refractivity contribution in [1.29, 1.82) is 0 Å². The summed E-state index contributed by atoms with van der Waals surface area (Å²) in [6.45, 7) is 1.50. The maximum atomic E-state index is 11.8. The van der Waals surface area contributed by atoms with Gasteiger partial charge in [-0.3, -0.25) is 4.79 Å². The smallest absolute Gasteiger partial charge is 0.295 e. The van der Waals surface area contributed by atoms with Crippen LogP contribution in [0.15, 0.2) is 28.9 Å². The molecule has 2 heterocycles. The largest absolute Gasteiger partial charge is 0.384 e. The van der Waals surface area contributed by atoms with Crippen LogP contribution in [-0.4, -0.2) is 27.8 Å². The Hall–Kier alpha value is -2.65. The van der Waals surface area contributed by atoms with E-state index in [1.807, 2.05) is 0 Å². The maximum Gasteiger partial charge on any atom is 0.295 e. The topological polar surface area (TPSA) is 88.2 Å². The SMILES string of the molecule is Cc1cc(C(=O)Nc2cc(C#CCO)ccn2)on1. The molecule has 1 amide bonds. The van der Waals surface area contributed by atoms with Gasteiger partial charge in [0.25, 0.3) is 5.91 Å². The number of anilines is 1. The van der Waals surface area contributed by atoms with Crippen LogP contribution in [0.4, 0.5) is 5.82 Å². The van der Waals surface area contributed by atoms with Crippen molar-refractivity contribution in [1.82, 2.24) is 10.1 Å². The number of rotatable bonds is 2.